The van der Waals surface area contributed by atoms with E-state index in [-0.39, 0.29) is 5.41 Å². The molecule has 0 N–H and O–H groups in total. The highest BCUT2D eigenvalue weighted by molar-refractivity contribution is 8.03. The second-order valence-corrected chi connectivity index (χ2v) is 6.08. The summed E-state index contributed by atoms with van der Waals surface area (Å²) in [6, 6.07) is 2.34. The van der Waals surface area contributed by atoms with Crippen LogP contribution >= 0.6 is 11.8 Å². The fraction of sp³-hybridized carbons (Fsp3) is 0.667. The summed E-state index contributed by atoms with van der Waals surface area (Å²) < 4.78 is 7.46. The van der Waals surface area contributed by atoms with Gasteiger partial charge >= 0.3 is 0 Å². The van der Waals surface area contributed by atoms with Gasteiger partial charge in [-0.1, -0.05) is 20.8 Å². The van der Waals surface area contributed by atoms with Crippen LogP contribution in [0.3, 0.4) is 0 Å². The first-order valence-electron chi connectivity index (χ1n) is 5.76. The Balaban J connectivity index is 2.37. The molecule has 0 bridgehead atoms. The van der Waals surface area contributed by atoms with E-state index < -0.39 is 0 Å². The van der Waals surface area contributed by atoms with Crippen molar-refractivity contribution in [2.45, 2.75) is 43.7 Å². The smallest absolute Gasteiger partial charge is 0.140 e. The Kier molecular flexibility index (Phi) is 3.45. The normalized spacial score (nSPS) is 20.5. The van der Waals surface area contributed by atoms with Crippen LogP contribution in [0.4, 0.5) is 0 Å². The second-order valence-electron chi connectivity index (χ2n) is 5.27. The van der Waals surface area contributed by atoms with E-state index in [9.17, 15) is 0 Å². The molecular formula is C12H17N3OS. The molecule has 1 aliphatic heterocycles. The van der Waals surface area contributed by atoms with Crippen LogP contribution in [-0.4, -0.2) is 23.0 Å². The predicted octanol–water partition coefficient (Wildman–Crippen LogP) is 2.72. The van der Waals surface area contributed by atoms with Crippen LogP contribution in [0.2, 0.25) is 0 Å². The molecule has 1 unspecified atom stereocenters. The molecule has 2 rings (SSSR count). The van der Waals surface area contributed by atoms with E-state index in [1.807, 2.05) is 10.7 Å². The third-order valence-corrected chi connectivity index (χ3v) is 3.38. The van der Waals surface area contributed by atoms with Gasteiger partial charge in [0.2, 0.25) is 0 Å². The number of thioether (sulfide) groups is 1. The molecule has 17 heavy (non-hydrogen) atoms. The van der Waals surface area contributed by atoms with Gasteiger partial charge in [0.15, 0.2) is 0 Å². The Morgan fingerprint density at radius 3 is 2.88 bits per heavy atom. The van der Waals surface area contributed by atoms with Gasteiger partial charge in [-0.15, -0.1) is 0 Å². The molecule has 1 aliphatic rings. The maximum Gasteiger partial charge on any atom is 0.140 e. The van der Waals surface area contributed by atoms with Crippen LogP contribution in [-0.2, 0) is 10.2 Å². The van der Waals surface area contributed by atoms with Crippen LogP contribution in [0, 0.1) is 10.7 Å². The average molecular weight is 251 g/mol. The van der Waals surface area contributed by atoms with Crippen molar-refractivity contribution in [2.75, 3.05) is 13.2 Å². The van der Waals surface area contributed by atoms with E-state index in [4.69, 9.17) is 10.00 Å². The summed E-state index contributed by atoms with van der Waals surface area (Å²) in [5.74, 6) is 0. The number of nitrogens with zero attached hydrogens (tertiary/aromatic N) is 3. The van der Waals surface area contributed by atoms with E-state index in [2.05, 4.69) is 31.3 Å². The summed E-state index contributed by atoms with van der Waals surface area (Å²) in [5.41, 5.74) is 1.20. The van der Waals surface area contributed by atoms with Gasteiger partial charge < -0.3 is 4.74 Å². The zero-order valence-corrected chi connectivity index (χ0v) is 11.3. The first-order chi connectivity index (χ1) is 8.02. The second kappa shape index (κ2) is 4.71. The van der Waals surface area contributed by atoms with Gasteiger partial charge in [-0.05, 0) is 12.5 Å². The fourth-order valence-electron chi connectivity index (χ4n) is 2.02. The van der Waals surface area contributed by atoms with Crippen LogP contribution in [0.5, 0.6) is 0 Å². The first kappa shape index (κ1) is 12.5. The lowest BCUT2D eigenvalue weighted by Gasteiger charge is -2.22. The van der Waals surface area contributed by atoms with Gasteiger partial charge in [-0.25, -0.2) is 0 Å². The molecule has 2 heterocycles. The SMILES string of the molecule is CC(C)(C)c1cc(SC#N)nn1C1CCOC1. The Labute approximate surface area is 106 Å². The predicted molar refractivity (Wildman–Crippen MR) is 66.9 cm³/mol. The molecule has 1 atom stereocenters. The van der Waals surface area contributed by atoms with Gasteiger partial charge in [-0.2, -0.15) is 10.4 Å². The lowest BCUT2D eigenvalue weighted by molar-refractivity contribution is 0.183. The molecule has 0 aliphatic carbocycles. The number of hydrogen-bond donors (Lipinski definition) is 0. The Morgan fingerprint density at radius 2 is 2.35 bits per heavy atom. The van der Waals surface area contributed by atoms with Gasteiger partial charge in [0.1, 0.15) is 10.4 Å². The minimum Gasteiger partial charge on any atom is -0.379 e. The molecule has 1 aromatic rings. The lowest BCUT2D eigenvalue weighted by Crippen LogP contribution is -2.22. The quantitative estimate of drug-likeness (QED) is 0.599. The monoisotopic (exact) mass is 251 g/mol. The third-order valence-electron chi connectivity index (χ3n) is 2.88. The van der Waals surface area contributed by atoms with Crippen molar-refractivity contribution in [3.05, 3.63) is 11.8 Å². The fourth-order valence-corrected chi connectivity index (χ4v) is 2.41. The maximum atomic E-state index is 8.73. The molecule has 0 spiro atoms. The standard InChI is InChI=1S/C12H17N3OS/c1-12(2,3)10-6-11(17-8-13)14-15(10)9-4-5-16-7-9/h6,9H,4-5,7H2,1-3H3. The van der Waals surface area contributed by atoms with Crippen LogP contribution in [0.15, 0.2) is 11.1 Å². The van der Waals surface area contributed by atoms with Crippen molar-refractivity contribution in [1.82, 2.24) is 9.78 Å². The van der Waals surface area contributed by atoms with Crippen LogP contribution < -0.4 is 0 Å². The molecule has 0 radical (unpaired) electrons. The van der Waals surface area contributed by atoms with Crippen molar-refractivity contribution in [1.29, 1.82) is 5.26 Å². The number of hydrogen-bond acceptors (Lipinski definition) is 4. The van der Waals surface area contributed by atoms with Crippen molar-refractivity contribution in [3.63, 3.8) is 0 Å². The first-order valence-corrected chi connectivity index (χ1v) is 6.57. The summed E-state index contributed by atoms with van der Waals surface area (Å²) in [6.45, 7) is 8.02. The Hall–Kier alpha value is -0.990. The highest BCUT2D eigenvalue weighted by Gasteiger charge is 2.27. The lowest BCUT2D eigenvalue weighted by atomic mass is 9.92. The molecule has 0 saturated carbocycles. The highest BCUT2D eigenvalue weighted by atomic mass is 32.2. The molecule has 1 aromatic heterocycles. The zero-order valence-electron chi connectivity index (χ0n) is 10.4. The minimum absolute atomic E-state index is 0.0316. The van der Waals surface area contributed by atoms with Gasteiger partial charge in [-0.3, -0.25) is 4.68 Å². The molecule has 4 nitrogen and oxygen atoms in total. The zero-order chi connectivity index (χ0) is 12.5. The third kappa shape index (κ3) is 2.64. The number of ether oxygens (including phenoxy) is 1. The summed E-state index contributed by atoms with van der Waals surface area (Å²) >= 11 is 1.12. The van der Waals surface area contributed by atoms with E-state index in [1.165, 1.54) is 5.69 Å². The molecule has 0 aromatic carbocycles. The summed E-state index contributed by atoms with van der Waals surface area (Å²) in [4.78, 5) is 0. The topological polar surface area (TPSA) is 50.8 Å². The van der Waals surface area contributed by atoms with Crippen LogP contribution in [0.25, 0.3) is 0 Å². The Morgan fingerprint density at radius 1 is 1.59 bits per heavy atom. The molecule has 0 amide bonds. The van der Waals surface area contributed by atoms with Crippen molar-refractivity contribution < 1.29 is 4.74 Å². The molecule has 92 valence electrons. The number of nitriles is 1. The summed E-state index contributed by atoms with van der Waals surface area (Å²) in [5, 5.41) is 16.1. The van der Waals surface area contributed by atoms with Crippen molar-refractivity contribution >= 4 is 11.8 Å². The van der Waals surface area contributed by atoms with Crippen molar-refractivity contribution in [3.8, 4) is 5.40 Å². The van der Waals surface area contributed by atoms with E-state index in [0.717, 1.165) is 36.4 Å². The number of aromatic nitrogens is 2. The molecular weight excluding hydrogens is 234 g/mol. The molecule has 1 saturated heterocycles. The van der Waals surface area contributed by atoms with Crippen molar-refractivity contribution in [2.24, 2.45) is 0 Å². The van der Waals surface area contributed by atoms with E-state index in [0.29, 0.717) is 6.04 Å². The number of rotatable bonds is 2. The maximum absolute atomic E-state index is 8.73. The molecule has 5 heteroatoms. The number of thiocyanates is 1. The van der Waals surface area contributed by atoms with Gasteiger partial charge in [0.05, 0.1) is 12.6 Å². The van der Waals surface area contributed by atoms with Gasteiger partial charge in [0, 0.05) is 29.5 Å². The largest absolute Gasteiger partial charge is 0.379 e. The highest BCUT2D eigenvalue weighted by Crippen LogP contribution is 2.31. The average Bonchev–Trinajstić information content (AvgIpc) is 2.82. The summed E-state index contributed by atoms with van der Waals surface area (Å²) in [7, 11) is 0. The summed E-state index contributed by atoms with van der Waals surface area (Å²) in [6.07, 6.45) is 1.00. The molecule has 1 fully saturated rings. The van der Waals surface area contributed by atoms with Crippen LogP contribution in [0.1, 0.15) is 38.9 Å². The van der Waals surface area contributed by atoms with E-state index >= 15 is 0 Å². The van der Waals surface area contributed by atoms with Gasteiger partial charge in [0.25, 0.3) is 0 Å². The Bertz CT molecular complexity index is 436. The van der Waals surface area contributed by atoms with E-state index in [1.54, 1.807) is 0 Å². The minimum atomic E-state index is 0.0316.